The van der Waals surface area contributed by atoms with Crippen molar-refractivity contribution in [2.45, 2.75) is 11.3 Å². The van der Waals surface area contributed by atoms with E-state index in [-0.39, 0.29) is 5.91 Å². The average Bonchev–Trinajstić information content (AvgIpc) is 2.26. The zero-order valence-electron chi connectivity index (χ0n) is 7.25. The number of hydrogen-bond donors (Lipinski definition) is 1. The summed E-state index contributed by atoms with van der Waals surface area (Å²) in [5.41, 5.74) is 0.692. The van der Waals surface area contributed by atoms with Crippen LogP contribution in [0.3, 0.4) is 0 Å². The van der Waals surface area contributed by atoms with Crippen LogP contribution in [0.25, 0.3) is 0 Å². The molecule has 1 aromatic carbocycles. The molecule has 3 nitrogen and oxygen atoms in total. The molecule has 2 rings (SSSR count). The molecule has 0 bridgehead atoms. The highest BCUT2D eigenvalue weighted by Gasteiger charge is 2.17. The largest absolute Gasteiger partial charge is 0.325 e. The van der Waals surface area contributed by atoms with Crippen molar-refractivity contribution in [2.24, 2.45) is 0 Å². The predicted octanol–water partition coefficient (Wildman–Crippen LogP) is 1.74. The van der Waals surface area contributed by atoms with Crippen LogP contribution in [0.4, 0.5) is 5.69 Å². The summed E-state index contributed by atoms with van der Waals surface area (Å²) in [6, 6.07) is 5.56. The second-order valence-electron chi connectivity index (χ2n) is 2.99. The summed E-state index contributed by atoms with van der Waals surface area (Å²) in [6.07, 6.45) is 0.331. The first-order valence-corrected chi connectivity index (χ1v) is 6.54. The number of fused-ring (bicyclic) bond motifs is 1. The van der Waals surface area contributed by atoms with Crippen LogP contribution in [0.1, 0.15) is 6.42 Å². The minimum Gasteiger partial charge on any atom is -0.325 e. The number of amides is 1. The Labute approximate surface area is 97.9 Å². The second-order valence-corrected chi connectivity index (χ2v) is 5.77. The highest BCUT2D eigenvalue weighted by Crippen LogP contribution is 2.25. The van der Waals surface area contributed by atoms with E-state index in [2.05, 4.69) is 27.9 Å². The minimum atomic E-state index is -1.05. The molecule has 0 saturated carbocycles. The summed E-state index contributed by atoms with van der Waals surface area (Å²) in [5, 5.41) is 2.76. The molecule has 0 spiro atoms. The van der Waals surface area contributed by atoms with Gasteiger partial charge in [0.05, 0.1) is 21.4 Å². The molecule has 1 aliphatic heterocycles. The molecule has 1 atom stereocenters. The van der Waals surface area contributed by atoms with E-state index >= 15 is 0 Å². The van der Waals surface area contributed by atoms with E-state index in [1.807, 2.05) is 18.2 Å². The fraction of sp³-hybridized carbons (Fsp3) is 0.222. The monoisotopic (exact) mass is 321 g/mol. The van der Waals surface area contributed by atoms with Crippen LogP contribution < -0.4 is 5.32 Å². The van der Waals surface area contributed by atoms with Crippen molar-refractivity contribution in [1.82, 2.24) is 0 Å². The molecule has 1 aromatic rings. The van der Waals surface area contributed by atoms with Crippen LogP contribution in [0, 0.1) is 3.57 Å². The molecule has 0 fully saturated rings. The molecule has 0 aromatic heterocycles. The number of halogens is 1. The van der Waals surface area contributed by atoms with Gasteiger partial charge in [-0.3, -0.25) is 9.00 Å². The molecule has 1 amide bonds. The second kappa shape index (κ2) is 3.98. The summed E-state index contributed by atoms with van der Waals surface area (Å²) in [4.78, 5) is 12.0. The first kappa shape index (κ1) is 10.1. The van der Waals surface area contributed by atoms with Gasteiger partial charge in [-0.05, 0) is 40.8 Å². The lowest BCUT2D eigenvalue weighted by Crippen LogP contribution is -2.10. The van der Waals surface area contributed by atoms with Gasteiger partial charge in [0.15, 0.2) is 0 Å². The zero-order chi connectivity index (χ0) is 10.1. The molecule has 0 saturated heterocycles. The Morgan fingerprint density at radius 3 is 3.00 bits per heavy atom. The van der Waals surface area contributed by atoms with Gasteiger partial charge in [0.1, 0.15) is 0 Å². The van der Waals surface area contributed by atoms with Crippen LogP contribution in [0.2, 0.25) is 0 Å². The first-order chi connectivity index (χ1) is 6.66. The highest BCUT2D eigenvalue weighted by molar-refractivity contribution is 14.1. The smallest absolute Gasteiger partial charge is 0.225 e. The third-order valence-corrected chi connectivity index (χ3v) is 4.07. The van der Waals surface area contributed by atoms with E-state index in [1.54, 1.807) is 0 Å². The van der Waals surface area contributed by atoms with Crippen molar-refractivity contribution in [3.8, 4) is 0 Å². The maximum Gasteiger partial charge on any atom is 0.225 e. The minimum absolute atomic E-state index is 0.0564. The normalized spacial score (nSPS) is 20.9. The van der Waals surface area contributed by atoms with Gasteiger partial charge in [-0.15, -0.1) is 0 Å². The number of carbonyl (C=O) groups is 1. The lowest BCUT2D eigenvalue weighted by molar-refractivity contribution is -0.115. The third-order valence-electron chi connectivity index (χ3n) is 1.98. The van der Waals surface area contributed by atoms with Gasteiger partial charge in [-0.25, -0.2) is 0 Å². The van der Waals surface area contributed by atoms with Gasteiger partial charge < -0.3 is 5.32 Å². The standard InChI is InChI=1S/C9H8INO2S/c10-6-1-2-8-7(5-6)11-9(12)3-4-14(8)13/h1-2,5H,3-4H2,(H,11,12). The first-order valence-electron chi connectivity index (χ1n) is 4.14. The number of nitrogens with one attached hydrogen (secondary N) is 1. The molecular weight excluding hydrogens is 313 g/mol. The quantitative estimate of drug-likeness (QED) is 0.740. The van der Waals surface area contributed by atoms with Crippen molar-refractivity contribution in [1.29, 1.82) is 0 Å². The summed E-state index contributed by atoms with van der Waals surface area (Å²) in [5.74, 6) is 0.360. The fourth-order valence-electron chi connectivity index (χ4n) is 1.31. The molecule has 1 aliphatic rings. The molecule has 5 heteroatoms. The van der Waals surface area contributed by atoms with Crippen LogP contribution in [0.15, 0.2) is 23.1 Å². The molecule has 1 N–H and O–H groups in total. The highest BCUT2D eigenvalue weighted by atomic mass is 127. The van der Waals surface area contributed by atoms with Crippen LogP contribution in [-0.2, 0) is 15.6 Å². The topological polar surface area (TPSA) is 46.2 Å². The van der Waals surface area contributed by atoms with Crippen molar-refractivity contribution < 1.29 is 9.00 Å². The lowest BCUT2D eigenvalue weighted by atomic mass is 10.3. The Balaban J connectivity index is 2.52. The van der Waals surface area contributed by atoms with Crippen LogP contribution in [0.5, 0.6) is 0 Å². The van der Waals surface area contributed by atoms with Gasteiger partial charge >= 0.3 is 0 Å². The Morgan fingerprint density at radius 2 is 2.21 bits per heavy atom. The van der Waals surface area contributed by atoms with E-state index in [9.17, 15) is 9.00 Å². The van der Waals surface area contributed by atoms with Gasteiger partial charge in [-0.2, -0.15) is 0 Å². The molecule has 0 radical (unpaired) electrons. The van der Waals surface area contributed by atoms with E-state index in [0.717, 1.165) is 8.47 Å². The molecular formula is C9H8INO2S. The van der Waals surface area contributed by atoms with E-state index in [0.29, 0.717) is 17.9 Å². The summed E-state index contributed by atoms with van der Waals surface area (Å²) in [7, 11) is -1.05. The molecule has 14 heavy (non-hydrogen) atoms. The van der Waals surface area contributed by atoms with Crippen LogP contribution in [-0.4, -0.2) is 15.9 Å². The van der Waals surface area contributed by atoms with Gasteiger partial charge in [0.2, 0.25) is 5.91 Å². The third kappa shape index (κ3) is 1.98. The van der Waals surface area contributed by atoms with E-state index in [1.165, 1.54) is 0 Å². The lowest BCUT2D eigenvalue weighted by Gasteiger charge is -2.05. The predicted molar refractivity (Wildman–Crippen MR) is 63.7 cm³/mol. The van der Waals surface area contributed by atoms with Gasteiger partial charge in [-0.1, -0.05) is 0 Å². The Morgan fingerprint density at radius 1 is 1.43 bits per heavy atom. The Hall–Kier alpha value is -0.430. The fourth-order valence-corrected chi connectivity index (χ4v) is 2.96. The Bertz CT molecular complexity index is 419. The van der Waals surface area contributed by atoms with Gasteiger partial charge in [0, 0.05) is 15.7 Å². The molecule has 0 aliphatic carbocycles. The Kier molecular flexibility index (Phi) is 2.87. The molecule has 1 unspecified atom stereocenters. The maximum atomic E-state index is 11.7. The van der Waals surface area contributed by atoms with Crippen molar-refractivity contribution >= 4 is 45.0 Å². The molecule has 1 heterocycles. The van der Waals surface area contributed by atoms with Crippen molar-refractivity contribution in [3.05, 3.63) is 21.8 Å². The number of carbonyl (C=O) groups excluding carboxylic acids is 1. The van der Waals surface area contributed by atoms with Gasteiger partial charge in [0.25, 0.3) is 0 Å². The maximum absolute atomic E-state index is 11.7. The summed E-state index contributed by atoms with van der Waals surface area (Å²) in [6.45, 7) is 0. The molecule has 74 valence electrons. The van der Waals surface area contributed by atoms with E-state index in [4.69, 9.17) is 0 Å². The van der Waals surface area contributed by atoms with Crippen molar-refractivity contribution in [2.75, 3.05) is 11.1 Å². The van der Waals surface area contributed by atoms with Crippen molar-refractivity contribution in [3.63, 3.8) is 0 Å². The average molecular weight is 321 g/mol. The zero-order valence-corrected chi connectivity index (χ0v) is 10.2. The number of anilines is 1. The number of hydrogen-bond acceptors (Lipinski definition) is 2. The van der Waals surface area contributed by atoms with E-state index < -0.39 is 10.8 Å². The number of rotatable bonds is 0. The summed E-state index contributed by atoms with van der Waals surface area (Å²) >= 11 is 2.16. The van der Waals surface area contributed by atoms with Crippen LogP contribution >= 0.6 is 22.6 Å². The summed E-state index contributed by atoms with van der Waals surface area (Å²) < 4.78 is 12.7. The SMILES string of the molecule is O=C1CCS(=O)c2ccc(I)cc2N1. The number of benzene rings is 1.